The first-order chi connectivity index (χ1) is 8.01. The molecule has 0 unspecified atom stereocenters. The van der Waals surface area contributed by atoms with Crippen molar-refractivity contribution in [2.45, 2.75) is 18.9 Å². The summed E-state index contributed by atoms with van der Waals surface area (Å²) in [5.74, 6) is -0.366. The molecular weight excluding hydrogens is 222 g/mol. The van der Waals surface area contributed by atoms with Gasteiger partial charge >= 0.3 is 5.97 Å². The Bertz CT molecular complexity index is 401. The van der Waals surface area contributed by atoms with Gasteiger partial charge in [0.25, 0.3) is 0 Å². The molecule has 2 N–H and O–H groups in total. The summed E-state index contributed by atoms with van der Waals surface area (Å²) in [7, 11) is 1.27. The third-order valence-corrected chi connectivity index (χ3v) is 2.51. The van der Waals surface area contributed by atoms with Crippen molar-refractivity contribution in [3.8, 4) is 5.75 Å². The first-order valence-corrected chi connectivity index (χ1v) is 5.09. The van der Waals surface area contributed by atoms with Gasteiger partial charge in [-0.25, -0.2) is 4.79 Å². The van der Waals surface area contributed by atoms with Crippen LogP contribution >= 0.6 is 0 Å². The van der Waals surface area contributed by atoms with Crippen molar-refractivity contribution in [1.82, 2.24) is 5.32 Å². The Morgan fingerprint density at radius 2 is 2.06 bits per heavy atom. The molecule has 1 atom stereocenters. The van der Waals surface area contributed by atoms with Gasteiger partial charge in [0, 0.05) is 6.42 Å². The van der Waals surface area contributed by atoms with E-state index in [2.05, 4.69) is 10.1 Å². The molecule has 5 nitrogen and oxygen atoms in total. The number of ether oxygens (including phenoxy) is 1. The van der Waals surface area contributed by atoms with Gasteiger partial charge in [0.2, 0.25) is 6.41 Å². The quantitative estimate of drug-likeness (QED) is 0.581. The number of amides is 1. The van der Waals surface area contributed by atoms with Gasteiger partial charge in [-0.2, -0.15) is 0 Å². The van der Waals surface area contributed by atoms with Gasteiger partial charge in [-0.3, -0.25) is 4.79 Å². The molecule has 0 radical (unpaired) electrons. The number of carbonyl (C=O) groups is 2. The second kappa shape index (κ2) is 5.34. The third-order valence-electron chi connectivity index (χ3n) is 2.51. The van der Waals surface area contributed by atoms with Crippen LogP contribution in [0, 0.1) is 0 Å². The number of carbonyl (C=O) groups excluding carboxylic acids is 2. The Kier molecular flexibility index (Phi) is 4.09. The molecule has 0 fully saturated rings. The molecule has 1 amide bonds. The molecule has 0 aromatic heterocycles. The molecule has 17 heavy (non-hydrogen) atoms. The fraction of sp³-hybridized carbons (Fsp3) is 0.333. The number of hydrogen-bond donors (Lipinski definition) is 2. The molecule has 0 aliphatic rings. The van der Waals surface area contributed by atoms with Gasteiger partial charge < -0.3 is 15.2 Å². The summed E-state index contributed by atoms with van der Waals surface area (Å²) in [6, 6.07) is 6.41. The van der Waals surface area contributed by atoms with Crippen molar-refractivity contribution in [2.75, 3.05) is 7.11 Å². The number of rotatable bonds is 5. The van der Waals surface area contributed by atoms with E-state index >= 15 is 0 Å². The Labute approximate surface area is 99.4 Å². The van der Waals surface area contributed by atoms with E-state index in [1.807, 2.05) is 0 Å². The summed E-state index contributed by atoms with van der Waals surface area (Å²) in [5, 5.41) is 11.6. The largest absolute Gasteiger partial charge is 0.508 e. The van der Waals surface area contributed by atoms with Crippen LogP contribution in [0.2, 0.25) is 0 Å². The lowest BCUT2D eigenvalue weighted by Gasteiger charge is -2.25. The first kappa shape index (κ1) is 13.0. The maximum Gasteiger partial charge on any atom is 0.331 e. The first-order valence-electron chi connectivity index (χ1n) is 5.09. The highest BCUT2D eigenvalue weighted by Gasteiger charge is 2.34. The lowest BCUT2D eigenvalue weighted by atomic mass is 9.93. The number of methoxy groups -OCH3 is 1. The smallest absolute Gasteiger partial charge is 0.331 e. The fourth-order valence-electron chi connectivity index (χ4n) is 1.56. The number of benzene rings is 1. The second-order valence-corrected chi connectivity index (χ2v) is 3.93. The lowest BCUT2D eigenvalue weighted by molar-refractivity contribution is -0.148. The zero-order valence-corrected chi connectivity index (χ0v) is 9.77. The molecular formula is C12H15NO4. The summed E-state index contributed by atoms with van der Waals surface area (Å²) >= 11 is 0. The molecule has 0 bridgehead atoms. The van der Waals surface area contributed by atoms with E-state index in [0.717, 1.165) is 5.56 Å². The van der Waals surface area contributed by atoms with Gasteiger partial charge in [-0.15, -0.1) is 0 Å². The van der Waals surface area contributed by atoms with Gasteiger partial charge in [-0.1, -0.05) is 12.1 Å². The van der Waals surface area contributed by atoms with Gasteiger partial charge in [0.1, 0.15) is 11.3 Å². The van der Waals surface area contributed by atoms with E-state index in [0.29, 0.717) is 12.8 Å². The van der Waals surface area contributed by atoms with Gasteiger partial charge in [0.05, 0.1) is 7.11 Å². The third kappa shape index (κ3) is 3.21. The van der Waals surface area contributed by atoms with E-state index in [4.69, 9.17) is 5.11 Å². The predicted molar refractivity (Wildman–Crippen MR) is 61.4 cm³/mol. The van der Waals surface area contributed by atoms with Crippen molar-refractivity contribution in [3.63, 3.8) is 0 Å². The summed E-state index contributed by atoms with van der Waals surface area (Å²) in [5.41, 5.74) is -0.293. The van der Waals surface area contributed by atoms with Crippen LogP contribution in [0.3, 0.4) is 0 Å². The molecule has 5 heteroatoms. The SMILES string of the molecule is COC(=O)[C@](C)(Cc1ccc(O)cc1)NC=O. The highest BCUT2D eigenvalue weighted by atomic mass is 16.5. The van der Waals surface area contributed by atoms with E-state index < -0.39 is 11.5 Å². The highest BCUT2D eigenvalue weighted by Crippen LogP contribution is 2.17. The molecule has 0 heterocycles. The van der Waals surface area contributed by atoms with Crippen LogP contribution in [-0.2, 0) is 20.7 Å². The Morgan fingerprint density at radius 1 is 1.47 bits per heavy atom. The number of phenolic OH excluding ortho intramolecular Hbond substituents is 1. The highest BCUT2D eigenvalue weighted by molar-refractivity contribution is 5.83. The number of hydrogen-bond acceptors (Lipinski definition) is 4. The maximum atomic E-state index is 11.6. The molecule has 0 spiro atoms. The maximum absolute atomic E-state index is 11.6. The van der Waals surface area contributed by atoms with Gasteiger partial charge in [-0.05, 0) is 24.6 Å². The standard InChI is InChI=1S/C12H15NO4/c1-12(13-8-14,11(16)17-2)7-9-3-5-10(15)6-4-9/h3-6,8,15H,7H2,1-2H3,(H,13,14)/t12-/m0/s1. The zero-order valence-electron chi connectivity index (χ0n) is 9.77. The normalized spacial score (nSPS) is 13.5. The van der Waals surface area contributed by atoms with Crippen molar-refractivity contribution < 1.29 is 19.4 Å². The summed E-state index contributed by atoms with van der Waals surface area (Å²) in [6.45, 7) is 1.58. The van der Waals surface area contributed by atoms with Crippen LogP contribution in [-0.4, -0.2) is 30.1 Å². The summed E-state index contributed by atoms with van der Waals surface area (Å²) in [4.78, 5) is 22.1. The Morgan fingerprint density at radius 3 is 2.53 bits per heavy atom. The molecule has 1 aromatic rings. The van der Waals surface area contributed by atoms with E-state index in [-0.39, 0.29) is 5.75 Å². The van der Waals surface area contributed by atoms with E-state index in [1.165, 1.54) is 19.2 Å². The lowest BCUT2D eigenvalue weighted by Crippen LogP contribution is -2.51. The minimum atomic E-state index is -1.10. The van der Waals surface area contributed by atoms with Crippen LogP contribution in [0.4, 0.5) is 0 Å². The van der Waals surface area contributed by atoms with Crippen LogP contribution in [0.1, 0.15) is 12.5 Å². The van der Waals surface area contributed by atoms with Crippen LogP contribution in [0.25, 0.3) is 0 Å². The van der Waals surface area contributed by atoms with Crippen LogP contribution in [0.15, 0.2) is 24.3 Å². The Hall–Kier alpha value is -2.04. The molecule has 0 saturated heterocycles. The number of esters is 1. The zero-order chi connectivity index (χ0) is 12.9. The number of nitrogens with one attached hydrogen (secondary N) is 1. The topological polar surface area (TPSA) is 75.6 Å². The summed E-state index contributed by atoms with van der Waals surface area (Å²) < 4.78 is 4.65. The average Bonchev–Trinajstić information content (AvgIpc) is 2.31. The fourth-order valence-corrected chi connectivity index (χ4v) is 1.56. The van der Waals surface area contributed by atoms with Crippen LogP contribution in [0.5, 0.6) is 5.75 Å². The molecule has 0 saturated carbocycles. The monoisotopic (exact) mass is 237 g/mol. The number of phenols is 1. The molecule has 92 valence electrons. The Balaban J connectivity index is 2.89. The molecule has 0 aliphatic heterocycles. The molecule has 1 rings (SSSR count). The average molecular weight is 237 g/mol. The number of aromatic hydroxyl groups is 1. The second-order valence-electron chi connectivity index (χ2n) is 3.93. The molecule has 0 aliphatic carbocycles. The molecule has 1 aromatic carbocycles. The van der Waals surface area contributed by atoms with Crippen molar-refractivity contribution in [3.05, 3.63) is 29.8 Å². The summed E-state index contributed by atoms with van der Waals surface area (Å²) in [6.07, 6.45) is 0.760. The van der Waals surface area contributed by atoms with Crippen molar-refractivity contribution >= 4 is 12.4 Å². The minimum Gasteiger partial charge on any atom is -0.508 e. The predicted octanol–water partition coefficient (Wildman–Crippen LogP) is 0.612. The van der Waals surface area contributed by atoms with Crippen molar-refractivity contribution in [1.29, 1.82) is 0 Å². The van der Waals surface area contributed by atoms with Gasteiger partial charge in [0.15, 0.2) is 0 Å². The van der Waals surface area contributed by atoms with E-state index in [9.17, 15) is 9.59 Å². The van der Waals surface area contributed by atoms with E-state index in [1.54, 1.807) is 19.1 Å². The van der Waals surface area contributed by atoms with Crippen LogP contribution < -0.4 is 5.32 Å². The minimum absolute atomic E-state index is 0.150. The van der Waals surface area contributed by atoms with Crippen molar-refractivity contribution in [2.24, 2.45) is 0 Å².